The van der Waals surface area contributed by atoms with Crippen LogP contribution in [-0.2, 0) is 0 Å². The maximum Gasteiger partial charge on any atom is 0.143 e. The standard InChI is InChI=1S/C6H6N2S/c7-5-6(8)1-3-9-4-2-6/h1-4H,8H2. The van der Waals surface area contributed by atoms with E-state index in [1.54, 1.807) is 12.2 Å². The molecule has 1 aliphatic heterocycles. The Balaban J connectivity index is 2.82. The van der Waals surface area contributed by atoms with Gasteiger partial charge < -0.3 is 5.73 Å². The Bertz CT molecular complexity index is 188. The lowest BCUT2D eigenvalue weighted by Crippen LogP contribution is -2.33. The quantitative estimate of drug-likeness (QED) is 0.543. The summed E-state index contributed by atoms with van der Waals surface area (Å²) in [6, 6.07) is 1.97. The van der Waals surface area contributed by atoms with Crippen molar-refractivity contribution in [1.29, 1.82) is 5.26 Å². The van der Waals surface area contributed by atoms with Crippen LogP contribution in [0.5, 0.6) is 0 Å². The highest BCUT2D eigenvalue weighted by atomic mass is 32.2. The van der Waals surface area contributed by atoms with Gasteiger partial charge in [-0.05, 0) is 23.0 Å². The summed E-state index contributed by atoms with van der Waals surface area (Å²) in [6.07, 6.45) is 3.36. The highest BCUT2D eigenvalue weighted by Gasteiger charge is 2.17. The van der Waals surface area contributed by atoms with E-state index in [1.807, 2.05) is 16.9 Å². The molecule has 0 fully saturated rings. The zero-order valence-corrected chi connectivity index (χ0v) is 5.56. The first-order valence-corrected chi connectivity index (χ1v) is 3.42. The van der Waals surface area contributed by atoms with E-state index in [1.165, 1.54) is 11.8 Å². The molecule has 0 radical (unpaired) electrons. The summed E-state index contributed by atoms with van der Waals surface area (Å²) in [5.74, 6) is 0. The third-order valence-electron chi connectivity index (χ3n) is 1.04. The van der Waals surface area contributed by atoms with Crippen LogP contribution in [0.15, 0.2) is 23.0 Å². The first-order chi connectivity index (χ1) is 4.27. The van der Waals surface area contributed by atoms with Crippen molar-refractivity contribution in [2.45, 2.75) is 5.54 Å². The summed E-state index contributed by atoms with van der Waals surface area (Å²) in [7, 11) is 0. The zero-order valence-electron chi connectivity index (χ0n) is 4.74. The second-order valence-electron chi connectivity index (χ2n) is 1.79. The fraction of sp³-hybridized carbons (Fsp3) is 0.167. The largest absolute Gasteiger partial charge is 0.307 e. The number of nitriles is 1. The van der Waals surface area contributed by atoms with Crippen molar-refractivity contribution < 1.29 is 0 Å². The van der Waals surface area contributed by atoms with E-state index in [0.717, 1.165) is 0 Å². The van der Waals surface area contributed by atoms with Crippen molar-refractivity contribution >= 4 is 11.8 Å². The molecule has 3 heteroatoms. The first kappa shape index (κ1) is 6.40. The molecule has 46 valence electrons. The SMILES string of the molecule is N#CC1(N)C=CSC=C1. The molecule has 2 nitrogen and oxygen atoms in total. The van der Waals surface area contributed by atoms with E-state index < -0.39 is 5.54 Å². The van der Waals surface area contributed by atoms with Crippen molar-refractivity contribution in [2.24, 2.45) is 5.73 Å². The number of thioether (sulfide) groups is 1. The van der Waals surface area contributed by atoms with Crippen LogP contribution in [0.2, 0.25) is 0 Å². The lowest BCUT2D eigenvalue weighted by atomic mass is 10.0. The maximum absolute atomic E-state index is 8.46. The van der Waals surface area contributed by atoms with Gasteiger partial charge in [-0.1, -0.05) is 0 Å². The topological polar surface area (TPSA) is 49.8 Å². The van der Waals surface area contributed by atoms with Crippen LogP contribution in [0.4, 0.5) is 0 Å². The van der Waals surface area contributed by atoms with Crippen LogP contribution >= 0.6 is 11.8 Å². The van der Waals surface area contributed by atoms with Crippen molar-refractivity contribution in [1.82, 2.24) is 0 Å². The van der Waals surface area contributed by atoms with Crippen LogP contribution in [0.3, 0.4) is 0 Å². The van der Waals surface area contributed by atoms with E-state index in [0.29, 0.717) is 0 Å². The second kappa shape index (κ2) is 2.26. The predicted octanol–water partition coefficient (Wildman–Crippen LogP) is 0.982. The average Bonchev–Trinajstić information content (AvgIpc) is 1.90. The highest BCUT2D eigenvalue weighted by molar-refractivity contribution is 8.04. The zero-order chi connectivity index (χ0) is 6.74. The minimum atomic E-state index is -0.856. The molecule has 1 rings (SSSR count). The Morgan fingerprint density at radius 2 is 2.00 bits per heavy atom. The Labute approximate surface area is 58.0 Å². The molecule has 0 unspecified atom stereocenters. The number of hydrogen-bond acceptors (Lipinski definition) is 3. The van der Waals surface area contributed by atoms with Gasteiger partial charge in [0.2, 0.25) is 0 Å². The van der Waals surface area contributed by atoms with Gasteiger partial charge >= 0.3 is 0 Å². The average molecular weight is 138 g/mol. The number of nitrogens with two attached hydrogens (primary N) is 1. The molecule has 1 aliphatic rings. The molecule has 0 amide bonds. The minimum absolute atomic E-state index is 0.856. The van der Waals surface area contributed by atoms with Gasteiger partial charge in [-0.2, -0.15) is 5.26 Å². The minimum Gasteiger partial charge on any atom is -0.307 e. The third kappa shape index (κ3) is 1.35. The third-order valence-corrected chi connectivity index (χ3v) is 1.62. The van der Waals surface area contributed by atoms with Gasteiger partial charge in [-0.15, -0.1) is 11.8 Å². The molecule has 1 heterocycles. The van der Waals surface area contributed by atoms with Gasteiger partial charge in [0, 0.05) is 0 Å². The molecule has 0 spiro atoms. The van der Waals surface area contributed by atoms with E-state index >= 15 is 0 Å². The monoisotopic (exact) mass is 138 g/mol. The van der Waals surface area contributed by atoms with Crippen LogP contribution in [0.1, 0.15) is 0 Å². The molecule has 0 aromatic rings. The molecular weight excluding hydrogens is 132 g/mol. The summed E-state index contributed by atoms with van der Waals surface area (Å²) in [5, 5.41) is 12.1. The van der Waals surface area contributed by atoms with Gasteiger partial charge in [-0.25, -0.2) is 0 Å². The van der Waals surface area contributed by atoms with Crippen LogP contribution in [-0.4, -0.2) is 5.54 Å². The summed E-state index contributed by atoms with van der Waals surface area (Å²) >= 11 is 1.52. The van der Waals surface area contributed by atoms with Gasteiger partial charge in [0.1, 0.15) is 5.54 Å². The fourth-order valence-corrected chi connectivity index (χ4v) is 1.18. The van der Waals surface area contributed by atoms with Crippen molar-refractivity contribution in [2.75, 3.05) is 0 Å². The van der Waals surface area contributed by atoms with Crippen LogP contribution in [0.25, 0.3) is 0 Å². The fourth-order valence-electron chi connectivity index (χ4n) is 0.479. The smallest absolute Gasteiger partial charge is 0.143 e. The molecule has 0 saturated heterocycles. The summed E-state index contributed by atoms with van der Waals surface area (Å²) in [6.45, 7) is 0. The summed E-state index contributed by atoms with van der Waals surface area (Å²) in [4.78, 5) is 0. The molecule has 0 bridgehead atoms. The van der Waals surface area contributed by atoms with E-state index in [-0.39, 0.29) is 0 Å². The molecule has 0 atom stereocenters. The van der Waals surface area contributed by atoms with Crippen molar-refractivity contribution in [3.63, 3.8) is 0 Å². The Kier molecular flexibility index (Phi) is 1.60. The van der Waals surface area contributed by atoms with E-state index in [2.05, 4.69) is 0 Å². The lowest BCUT2D eigenvalue weighted by molar-refractivity contribution is 0.842. The second-order valence-corrected chi connectivity index (χ2v) is 2.60. The molecular formula is C6H6N2S. The summed E-state index contributed by atoms with van der Waals surface area (Å²) < 4.78 is 0. The number of rotatable bonds is 0. The molecule has 0 aliphatic carbocycles. The number of nitrogens with zero attached hydrogens (tertiary/aromatic N) is 1. The Hall–Kier alpha value is -0.720. The van der Waals surface area contributed by atoms with Crippen LogP contribution < -0.4 is 5.73 Å². The Morgan fingerprint density at radius 1 is 1.44 bits per heavy atom. The van der Waals surface area contributed by atoms with Crippen molar-refractivity contribution in [3.05, 3.63) is 23.0 Å². The van der Waals surface area contributed by atoms with Gasteiger partial charge in [-0.3, -0.25) is 0 Å². The highest BCUT2D eigenvalue weighted by Crippen LogP contribution is 2.17. The molecule has 0 saturated carbocycles. The summed E-state index contributed by atoms with van der Waals surface area (Å²) in [5.41, 5.74) is 4.65. The first-order valence-electron chi connectivity index (χ1n) is 2.48. The molecule has 9 heavy (non-hydrogen) atoms. The van der Waals surface area contributed by atoms with Crippen molar-refractivity contribution in [3.8, 4) is 6.07 Å². The molecule has 2 N–H and O–H groups in total. The van der Waals surface area contributed by atoms with Gasteiger partial charge in [0.05, 0.1) is 6.07 Å². The molecule has 0 aromatic heterocycles. The Morgan fingerprint density at radius 3 is 2.33 bits per heavy atom. The predicted molar refractivity (Wildman–Crippen MR) is 38.4 cm³/mol. The normalized spacial score (nSPS) is 21.3. The van der Waals surface area contributed by atoms with Crippen LogP contribution in [0, 0.1) is 11.3 Å². The van der Waals surface area contributed by atoms with E-state index in [9.17, 15) is 0 Å². The maximum atomic E-state index is 8.46. The number of hydrogen-bond donors (Lipinski definition) is 1. The van der Waals surface area contributed by atoms with Gasteiger partial charge in [0.25, 0.3) is 0 Å². The molecule has 0 aromatic carbocycles. The van der Waals surface area contributed by atoms with E-state index in [4.69, 9.17) is 11.0 Å². The van der Waals surface area contributed by atoms with Gasteiger partial charge in [0.15, 0.2) is 0 Å². The lowest BCUT2D eigenvalue weighted by Gasteiger charge is -2.12.